The SMILES string of the molecule is C=CCO[C@@H]1C[C@H](NC[C@@H](O[Si](C)(C)C(C)(C)C)[C@H](Cc2ccccc2)NC(=O)O)c2cc(OC(C)C)ccc21. The highest BCUT2D eigenvalue weighted by atomic mass is 28.4. The van der Waals surface area contributed by atoms with Crippen LogP contribution in [0.5, 0.6) is 5.75 Å². The van der Waals surface area contributed by atoms with E-state index in [1.54, 1.807) is 6.08 Å². The van der Waals surface area contributed by atoms with Crippen LogP contribution in [0.1, 0.15) is 69.9 Å². The Morgan fingerprint density at radius 1 is 1.15 bits per heavy atom. The fourth-order valence-electron chi connectivity index (χ4n) is 4.88. The second-order valence-corrected chi connectivity index (χ2v) is 17.2. The molecule has 0 fully saturated rings. The molecule has 1 amide bonds. The first-order valence-corrected chi connectivity index (χ1v) is 17.2. The summed E-state index contributed by atoms with van der Waals surface area (Å²) in [5, 5.41) is 16.3. The van der Waals surface area contributed by atoms with E-state index in [0.717, 1.165) is 28.9 Å². The van der Waals surface area contributed by atoms with Gasteiger partial charge in [-0.1, -0.05) is 63.2 Å². The molecule has 4 atom stereocenters. The van der Waals surface area contributed by atoms with Crippen molar-refractivity contribution in [1.82, 2.24) is 10.6 Å². The van der Waals surface area contributed by atoms with Crippen LogP contribution in [-0.2, 0) is 15.6 Å². The van der Waals surface area contributed by atoms with E-state index < -0.39 is 20.5 Å². The predicted molar refractivity (Wildman–Crippen MR) is 164 cm³/mol. The Kier molecular flexibility index (Phi) is 11.0. The highest BCUT2D eigenvalue weighted by molar-refractivity contribution is 6.74. The van der Waals surface area contributed by atoms with Crippen LogP contribution < -0.4 is 15.4 Å². The topological polar surface area (TPSA) is 89.0 Å². The first kappa shape index (κ1) is 31.9. The van der Waals surface area contributed by atoms with Gasteiger partial charge < -0.3 is 29.6 Å². The Balaban J connectivity index is 1.91. The number of ether oxygens (including phenoxy) is 2. The summed E-state index contributed by atoms with van der Waals surface area (Å²) in [4.78, 5) is 11.9. The standard InChI is InChI=1S/C32H48N2O5Si/c1-9-17-37-29-20-27(26-19-24(38-22(2)3)15-16-25(26)29)33-21-30(39-40(7,8)32(4,5)6)28(34-31(35)36)18-23-13-11-10-12-14-23/h9-16,19,22,27-30,33-34H,1,17-18,20-21H2,2-8H3,(H,35,36)/t27-,28-,29+,30+/m0/s1. The largest absolute Gasteiger partial charge is 0.491 e. The fourth-order valence-corrected chi connectivity index (χ4v) is 6.24. The summed E-state index contributed by atoms with van der Waals surface area (Å²) in [6, 6.07) is 15.8. The molecule has 0 saturated heterocycles. The number of amides is 1. The predicted octanol–water partition coefficient (Wildman–Crippen LogP) is 7.02. The van der Waals surface area contributed by atoms with Crippen LogP contribution in [0.4, 0.5) is 4.79 Å². The summed E-state index contributed by atoms with van der Waals surface area (Å²) >= 11 is 0. The molecule has 40 heavy (non-hydrogen) atoms. The Morgan fingerprint density at radius 2 is 1.85 bits per heavy atom. The average Bonchev–Trinajstić information content (AvgIpc) is 3.20. The van der Waals surface area contributed by atoms with E-state index in [-0.39, 0.29) is 29.4 Å². The van der Waals surface area contributed by atoms with Gasteiger partial charge in [-0.3, -0.25) is 0 Å². The fraction of sp³-hybridized carbons (Fsp3) is 0.531. The van der Waals surface area contributed by atoms with E-state index in [0.29, 0.717) is 19.6 Å². The molecule has 7 nitrogen and oxygen atoms in total. The first-order chi connectivity index (χ1) is 18.8. The normalized spacial score (nSPS) is 18.7. The summed E-state index contributed by atoms with van der Waals surface area (Å²) < 4.78 is 19.1. The van der Waals surface area contributed by atoms with E-state index in [4.69, 9.17) is 13.9 Å². The number of fused-ring (bicyclic) bond motifs is 1. The molecule has 0 saturated carbocycles. The average molecular weight is 569 g/mol. The van der Waals surface area contributed by atoms with Crippen molar-refractivity contribution >= 4 is 14.4 Å². The number of hydrogen-bond acceptors (Lipinski definition) is 5. The minimum absolute atomic E-state index is 0.00764. The lowest BCUT2D eigenvalue weighted by molar-refractivity contribution is 0.0677. The van der Waals surface area contributed by atoms with Crippen molar-refractivity contribution in [3.05, 3.63) is 77.9 Å². The Bertz CT molecular complexity index is 1120. The number of rotatable bonds is 14. The Hall–Kier alpha value is -2.65. The third-order valence-corrected chi connectivity index (χ3v) is 12.4. The van der Waals surface area contributed by atoms with E-state index in [1.807, 2.05) is 50.2 Å². The third-order valence-electron chi connectivity index (χ3n) is 7.89. The maximum absolute atomic E-state index is 11.9. The van der Waals surface area contributed by atoms with Gasteiger partial charge in [-0.15, -0.1) is 6.58 Å². The lowest BCUT2D eigenvalue weighted by Crippen LogP contribution is -2.55. The van der Waals surface area contributed by atoms with Crippen molar-refractivity contribution < 1.29 is 23.8 Å². The van der Waals surface area contributed by atoms with Gasteiger partial charge in [0.05, 0.1) is 31.0 Å². The van der Waals surface area contributed by atoms with Gasteiger partial charge in [0.25, 0.3) is 0 Å². The monoisotopic (exact) mass is 568 g/mol. The van der Waals surface area contributed by atoms with E-state index in [9.17, 15) is 9.90 Å². The van der Waals surface area contributed by atoms with E-state index >= 15 is 0 Å². The third kappa shape index (κ3) is 8.67. The molecule has 0 bridgehead atoms. The van der Waals surface area contributed by atoms with Gasteiger partial charge in [-0.2, -0.15) is 0 Å². The number of carboxylic acid groups (broad SMARTS) is 1. The van der Waals surface area contributed by atoms with Crippen LogP contribution in [0.25, 0.3) is 0 Å². The van der Waals surface area contributed by atoms with Gasteiger partial charge in [0, 0.05) is 12.6 Å². The minimum Gasteiger partial charge on any atom is -0.491 e. The smallest absolute Gasteiger partial charge is 0.404 e. The van der Waals surface area contributed by atoms with Crippen molar-refractivity contribution in [2.24, 2.45) is 0 Å². The molecule has 2 aromatic carbocycles. The number of hydrogen-bond donors (Lipinski definition) is 3. The van der Waals surface area contributed by atoms with Gasteiger partial charge in [-0.25, -0.2) is 4.79 Å². The molecule has 0 heterocycles. The summed E-state index contributed by atoms with van der Waals surface area (Å²) in [6.45, 7) is 19.8. The summed E-state index contributed by atoms with van der Waals surface area (Å²) in [6.07, 6.45) is 1.65. The minimum atomic E-state index is -2.23. The highest BCUT2D eigenvalue weighted by Crippen LogP contribution is 2.43. The lowest BCUT2D eigenvalue weighted by Gasteiger charge is -2.42. The molecule has 3 rings (SSSR count). The number of carbonyl (C=O) groups is 1. The molecule has 0 aromatic heterocycles. The van der Waals surface area contributed by atoms with Gasteiger partial charge >= 0.3 is 6.09 Å². The molecule has 3 N–H and O–H groups in total. The van der Waals surface area contributed by atoms with Crippen molar-refractivity contribution in [3.63, 3.8) is 0 Å². The van der Waals surface area contributed by atoms with Gasteiger partial charge in [0.2, 0.25) is 0 Å². The molecule has 0 radical (unpaired) electrons. The summed E-state index contributed by atoms with van der Waals surface area (Å²) in [7, 11) is -2.23. The van der Waals surface area contributed by atoms with Crippen molar-refractivity contribution in [3.8, 4) is 5.75 Å². The number of nitrogens with one attached hydrogen (secondary N) is 2. The van der Waals surface area contributed by atoms with Crippen molar-refractivity contribution in [2.75, 3.05) is 13.2 Å². The second kappa shape index (κ2) is 13.8. The van der Waals surface area contributed by atoms with E-state index in [1.165, 1.54) is 0 Å². The van der Waals surface area contributed by atoms with Gasteiger partial charge in [-0.05, 0) is 73.6 Å². The maximum atomic E-state index is 11.9. The van der Waals surface area contributed by atoms with Crippen LogP contribution in [0.2, 0.25) is 18.1 Å². The van der Waals surface area contributed by atoms with Crippen LogP contribution >= 0.6 is 0 Å². The van der Waals surface area contributed by atoms with Crippen molar-refractivity contribution in [2.45, 2.75) is 96.0 Å². The molecule has 0 aliphatic heterocycles. The molecule has 0 spiro atoms. The van der Waals surface area contributed by atoms with Crippen LogP contribution in [0.15, 0.2) is 61.2 Å². The Morgan fingerprint density at radius 3 is 2.45 bits per heavy atom. The molecule has 1 aliphatic carbocycles. The zero-order valence-electron chi connectivity index (χ0n) is 25.2. The zero-order chi connectivity index (χ0) is 29.5. The van der Waals surface area contributed by atoms with Crippen LogP contribution in [-0.4, -0.2) is 50.9 Å². The molecular weight excluding hydrogens is 520 g/mol. The van der Waals surface area contributed by atoms with Crippen LogP contribution in [0.3, 0.4) is 0 Å². The quantitative estimate of drug-likeness (QED) is 0.168. The molecule has 220 valence electrons. The van der Waals surface area contributed by atoms with Crippen LogP contribution in [0, 0.1) is 0 Å². The van der Waals surface area contributed by atoms with Crippen molar-refractivity contribution in [1.29, 1.82) is 0 Å². The van der Waals surface area contributed by atoms with E-state index in [2.05, 4.69) is 63.2 Å². The molecule has 2 aromatic rings. The van der Waals surface area contributed by atoms with Gasteiger partial charge in [0.15, 0.2) is 8.32 Å². The molecule has 0 unspecified atom stereocenters. The number of benzene rings is 2. The molecule has 8 heteroatoms. The maximum Gasteiger partial charge on any atom is 0.404 e. The van der Waals surface area contributed by atoms with Gasteiger partial charge in [0.1, 0.15) is 5.75 Å². The Labute approximate surface area is 241 Å². The zero-order valence-corrected chi connectivity index (χ0v) is 26.2. The first-order valence-electron chi connectivity index (χ1n) is 14.3. The molecular formula is C32H48N2O5Si. The summed E-state index contributed by atoms with van der Waals surface area (Å²) in [5.74, 6) is 0.827. The highest BCUT2D eigenvalue weighted by Gasteiger charge is 2.42. The second-order valence-electron chi connectivity index (χ2n) is 12.4. The lowest BCUT2D eigenvalue weighted by atomic mass is 10.0. The molecule has 1 aliphatic rings. The summed E-state index contributed by atoms with van der Waals surface area (Å²) in [5.41, 5.74) is 3.34.